The first-order valence-corrected chi connectivity index (χ1v) is 10.00. The van der Waals surface area contributed by atoms with Crippen molar-refractivity contribution in [1.29, 1.82) is 0 Å². The maximum absolute atomic E-state index is 13.0. The van der Waals surface area contributed by atoms with Gasteiger partial charge >= 0.3 is 0 Å². The largest absolute Gasteiger partial charge is 0.342 e. The van der Waals surface area contributed by atoms with Gasteiger partial charge in [0, 0.05) is 37.5 Å². The Kier molecular flexibility index (Phi) is 5.11. The van der Waals surface area contributed by atoms with E-state index in [1.54, 1.807) is 23.1 Å². The lowest BCUT2D eigenvalue weighted by Gasteiger charge is -2.32. The van der Waals surface area contributed by atoms with E-state index in [2.05, 4.69) is 20.4 Å². The van der Waals surface area contributed by atoms with Gasteiger partial charge in [-0.05, 0) is 37.7 Å². The zero-order valence-corrected chi connectivity index (χ0v) is 16.3. The number of carbonyl (C=O) groups is 2. The molecule has 0 bridgehead atoms. The van der Waals surface area contributed by atoms with Gasteiger partial charge in [-0.1, -0.05) is 13.8 Å². The summed E-state index contributed by atoms with van der Waals surface area (Å²) < 4.78 is 1.57. The standard InChI is InChI=1S/C20H26N6O2/c1-13(2)16-11-17(26(24-16)20-21-8-4-9-22-20)23-18(27)15-5-3-10-25(12-15)19(28)14-6-7-14/h4,8-9,11,13-15H,3,5-7,10,12H2,1-2H3,(H,23,27). The molecule has 28 heavy (non-hydrogen) atoms. The van der Waals surface area contributed by atoms with Crippen LogP contribution in [0.2, 0.25) is 0 Å². The van der Waals surface area contributed by atoms with Crippen LogP contribution >= 0.6 is 0 Å². The van der Waals surface area contributed by atoms with E-state index in [-0.39, 0.29) is 29.6 Å². The first-order chi connectivity index (χ1) is 13.5. The van der Waals surface area contributed by atoms with Gasteiger partial charge in [0.05, 0.1) is 11.6 Å². The quantitative estimate of drug-likeness (QED) is 0.857. The smallest absolute Gasteiger partial charge is 0.252 e. The Bertz CT molecular complexity index is 859. The normalized spacial score (nSPS) is 19.7. The first-order valence-electron chi connectivity index (χ1n) is 10.00. The van der Waals surface area contributed by atoms with Gasteiger partial charge in [0.15, 0.2) is 0 Å². The molecule has 4 rings (SSSR count). The lowest BCUT2D eigenvalue weighted by Crippen LogP contribution is -2.44. The second-order valence-electron chi connectivity index (χ2n) is 7.96. The van der Waals surface area contributed by atoms with E-state index >= 15 is 0 Å². The van der Waals surface area contributed by atoms with Crippen LogP contribution < -0.4 is 5.32 Å². The number of likely N-dealkylation sites (tertiary alicyclic amines) is 1. The number of aromatic nitrogens is 4. The van der Waals surface area contributed by atoms with Crippen molar-refractivity contribution in [3.8, 4) is 5.95 Å². The van der Waals surface area contributed by atoms with E-state index in [0.717, 1.165) is 37.9 Å². The third kappa shape index (κ3) is 3.90. The summed E-state index contributed by atoms with van der Waals surface area (Å²) in [5.74, 6) is 1.29. The lowest BCUT2D eigenvalue weighted by atomic mass is 9.96. The third-order valence-corrected chi connectivity index (χ3v) is 5.34. The molecule has 1 N–H and O–H groups in total. The second kappa shape index (κ2) is 7.69. The molecule has 8 heteroatoms. The molecule has 8 nitrogen and oxygen atoms in total. The number of anilines is 1. The molecule has 1 unspecified atom stereocenters. The van der Waals surface area contributed by atoms with Crippen LogP contribution in [0, 0.1) is 11.8 Å². The van der Waals surface area contributed by atoms with Crippen LogP contribution in [-0.2, 0) is 9.59 Å². The second-order valence-corrected chi connectivity index (χ2v) is 7.96. The summed E-state index contributed by atoms with van der Waals surface area (Å²) in [6, 6.07) is 3.61. The number of piperidine rings is 1. The molecule has 1 aliphatic carbocycles. The molecule has 3 heterocycles. The van der Waals surface area contributed by atoms with Crippen molar-refractivity contribution in [2.45, 2.75) is 45.4 Å². The maximum Gasteiger partial charge on any atom is 0.252 e. The van der Waals surface area contributed by atoms with Crippen LogP contribution in [-0.4, -0.2) is 49.6 Å². The Morgan fingerprint density at radius 1 is 1.14 bits per heavy atom. The van der Waals surface area contributed by atoms with E-state index in [1.165, 1.54) is 0 Å². The Morgan fingerprint density at radius 2 is 1.89 bits per heavy atom. The van der Waals surface area contributed by atoms with E-state index in [9.17, 15) is 9.59 Å². The Hall–Kier alpha value is -2.77. The van der Waals surface area contributed by atoms with Crippen molar-refractivity contribution in [2.24, 2.45) is 11.8 Å². The number of hydrogen-bond acceptors (Lipinski definition) is 5. The van der Waals surface area contributed by atoms with Gasteiger partial charge in [-0.3, -0.25) is 9.59 Å². The molecule has 0 aromatic carbocycles. The summed E-state index contributed by atoms with van der Waals surface area (Å²) in [7, 11) is 0. The molecule has 2 aliphatic rings. The summed E-state index contributed by atoms with van der Waals surface area (Å²) in [6.07, 6.45) is 6.91. The number of amides is 2. The summed E-state index contributed by atoms with van der Waals surface area (Å²) in [6.45, 7) is 5.35. The fourth-order valence-electron chi connectivity index (χ4n) is 3.53. The van der Waals surface area contributed by atoms with E-state index in [0.29, 0.717) is 18.3 Å². The molecule has 0 spiro atoms. The third-order valence-electron chi connectivity index (χ3n) is 5.34. The van der Waals surface area contributed by atoms with Crippen LogP contribution in [0.25, 0.3) is 5.95 Å². The summed E-state index contributed by atoms with van der Waals surface area (Å²) in [5.41, 5.74) is 0.858. The van der Waals surface area contributed by atoms with Gasteiger partial charge in [0.1, 0.15) is 5.82 Å². The minimum atomic E-state index is -0.209. The number of hydrogen-bond donors (Lipinski definition) is 1. The van der Waals surface area contributed by atoms with Gasteiger partial charge in [-0.2, -0.15) is 9.78 Å². The predicted molar refractivity (Wildman–Crippen MR) is 104 cm³/mol. The highest BCUT2D eigenvalue weighted by atomic mass is 16.2. The molecular formula is C20H26N6O2. The van der Waals surface area contributed by atoms with Crippen molar-refractivity contribution in [3.05, 3.63) is 30.2 Å². The van der Waals surface area contributed by atoms with Crippen molar-refractivity contribution < 1.29 is 9.59 Å². The van der Waals surface area contributed by atoms with E-state index < -0.39 is 0 Å². The minimum Gasteiger partial charge on any atom is -0.342 e. The fraction of sp³-hybridized carbons (Fsp3) is 0.550. The number of rotatable bonds is 5. The molecule has 2 amide bonds. The van der Waals surface area contributed by atoms with Gasteiger partial charge in [-0.25, -0.2) is 9.97 Å². The minimum absolute atomic E-state index is 0.0827. The average Bonchev–Trinajstić information content (AvgIpc) is 3.48. The highest BCUT2D eigenvalue weighted by Crippen LogP contribution is 2.32. The predicted octanol–water partition coefficient (Wildman–Crippen LogP) is 2.37. The van der Waals surface area contributed by atoms with Crippen molar-refractivity contribution in [3.63, 3.8) is 0 Å². The Labute approximate surface area is 164 Å². The molecule has 1 saturated carbocycles. The van der Waals surface area contributed by atoms with Gasteiger partial charge in [-0.15, -0.1) is 0 Å². The molecule has 2 fully saturated rings. The molecule has 0 radical (unpaired) electrons. The Balaban J connectivity index is 1.51. The van der Waals surface area contributed by atoms with E-state index in [4.69, 9.17) is 0 Å². The molecule has 2 aromatic rings. The summed E-state index contributed by atoms with van der Waals surface area (Å²) in [5, 5.41) is 7.57. The number of nitrogens with zero attached hydrogens (tertiary/aromatic N) is 5. The van der Waals surface area contributed by atoms with Crippen LogP contribution in [0.1, 0.15) is 51.1 Å². The van der Waals surface area contributed by atoms with Crippen molar-refractivity contribution in [2.75, 3.05) is 18.4 Å². The maximum atomic E-state index is 13.0. The van der Waals surface area contributed by atoms with Gasteiger partial charge in [0.2, 0.25) is 11.8 Å². The highest BCUT2D eigenvalue weighted by Gasteiger charge is 2.37. The average molecular weight is 382 g/mol. The SMILES string of the molecule is CC(C)c1cc(NC(=O)C2CCCN(C(=O)C3CC3)C2)n(-c2ncccn2)n1. The van der Waals surface area contributed by atoms with E-state index in [1.807, 2.05) is 24.8 Å². The summed E-state index contributed by atoms with van der Waals surface area (Å²) >= 11 is 0. The zero-order valence-electron chi connectivity index (χ0n) is 16.3. The van der Waals surface area contributed by atoms with Crippen LogP contribution in [0.4, 0.5) is 5.82 Å². The highest BCUT2D eigenvalue weighted by molar-refractivity contribution is 5.93. The molecule has 1 saturated heterocycles. The van der Waals surface area contributed by atoms with Crippen LogP contribution in [0.5, 0.6) is 0 Å². The van der Waals surface area contributed by atoms with Crippen LogP contribution in [0.15, 0.2) is 24.5 Å². The topological polar surface area (TPSA) is 93.0 Å². The zero-order chi connectivity index (χ0) is 19.7. The van der Waals surface area contributed by atoms with Crippen molar-refractivity contribution in [1.82, 2.24) is 24.6 Å². The monoisotopic (exact) mass is 382 g/mol. The molecule has 2 aromatic heterocycles. The molecule has 1 aliphatic heterocycles. The van der Waals surface area contributed by atoms with Gasteiger partial charge < -0.3 is 10.2 Å². The number of carbonyl (C=O) groups excluding carboxylic acids is 2. The summed E-state index contributed by atoms with van der Waals surface area (Å²) in [4.78, 5) is 35.7. The number of nitrogens with one attached hydrogen (secondary N) is 1. The fourth-order valence-corrected chi connectivity index (χ4v) is 3.53. The lowest BCUT2D eigenvalue weighted by molar-refractivity contribution is -0.135. The van der Waals surface area contributed by atoms with Crippen molar-refractivity contribution >= 4 is 17.6 Å². The Morgan fingerprint density at radius 3 is 2.57 bits per heavy atom. The molecule has 148 valence electrons. The molecular weight excluding hydrogens is 356 g/mol. The van der Waals surface area contributed by atoms with Crippen LogP contribution in [0.3, 0.4) is 0 Å². The molecule has 1 atom stereocenters. The first kappa shape index (κ1) is 18.6. The van der Waals surface area contributed by atoms with Gasteiger partial charge in [0.25, 0.3) is 5.95 Å².